The van der Waals surface area contributed by atoms with Crippen LogP contribution in [0.1, 0.15) is 54.4 Å². The zero-order valence-electron chi connectivity index (χ0n) is 17.1. The van der Waals surface area contributed by atoms with E-state index in [-0.39, 0.29) is 11.0 Å². The molecule has 4 saturated carbocycles. The van der Waals surface area contributed by atoms with Crippen LogP contribution in [0.4, 0.5) is 0 Å². The molecule has 4 fully saturated rings. The van der Waals surface area contributed by atoms with Crippen molar-refractivity contribution in [1.29, 1.82) is 0 Å². The Bertz CT molecular complexity index is 1130. The van der Waals surface area contributed by atoms with E-state index in [2.05, 4.69) is 11.1 Å². The Morgan fingerprint density at radius 2 is 1.77 bits per heavy atom. The summed E-state index contributed by atoms with van der Waals surface area (Å²) >= 11 is 0. The van der Waals surface area contributed by atoms with Crippen LogP contribution in [0.25, 0.3) is 22.6 Å². The third-order valence-electron chi connectivity index (χ3n) is 7.69. The lowest BCUT2D eigenvalue weighted by Gasteiger charge is -2.57. The minimum Gasteiger partial charge on any atom is -0.496 e. The minimum absolute atomic E-state index is 0.203. The van der Waals surface area contributed by atoms with Crippen LogP contribution in [0.5, 0.6) is 5.75 Å². The summed E-state index contributed by atoms with van der Waals surface area (Å²) in [6.45, 7) is 0. The lowest BCUT2D eigenvalue weighted by atomic mass is 9.48. The molecule has 7 rings (SSSR count). The van der Waals surface area contributed by atoms with Crippen LogP contribution in [0.2, 0.25) is 0 Å². The number of carbonyl (C=O) groups is 1. The van der Waals surface area contributed by atoms with Gasteiger partial charge in [-0.25, -0.2) is 9.78 Å². The van der Waals surface area contributed by atoms with E-state index in [1.54, 1.807) is 19.2 Å². The van der Waals surface area contributed by atoms with Crippen LogP contribution >= 0.6 is 0 Å². The third kappa shape index (κ3) is 2.68. The largest absolute Gasteiger partial charge is 0.496 e. The first-order chi connectivity index (χ1) is 14.5. The number of methoxy groups -OCH3 is 1. The third-order valence-corrected chi connectivity index (χ3v) is 7.69. The van der Waals surface area contributed by atoms with Crippen molar-refractivity contribution in [3.05, 3.63) is 47.5 Å². The number of nitrogens with zero attached hydrogens (tertiary/aromatic N) is 1. The Balaban J connectivity index is 1.44. The Kier molecular flexibility index (Phi) is 3.80. The van der Waals surface area contributed by atoms with Crippen molar-refractivity contribution in [2.24, 2.45) is 17.8 Å². The molecule has 4 aliphatic rings. The van der Waals surface area contributed by atoms with Gasteiger partial charge in [0.1, 0.15) is 11.3 Å². The zero-order chi connectivity index (χ0) is 20.5. The number of carboxylic acid groups (broad SMARTS) is 1. The highest BCUT2D eigenvalue weighted by Crippen LogP contribution is 2.62. The zero-order valence-corrected chi connectivity index (χ0v) is 17.1. The van der Waals surface area contributed by atoms with Crippen LogP contribution in [-0.2, 0) is 5.41 Å². The van der Waals surface area contributed by atoms with E-state index >= 15 is 0 Å². The number of benzene rings is 2. The van der Waals surface area contributed by atoms with E-state index in [4.69, 9.17) is 9.15 Å². The summed E-state index contributed by atoms with van der Waals surface area (Å²) in [5.41, 5.74) is 3.80. The van der Waals surface area contributed by atoms with Crippen LogP contribution in [0, 0.1) is 17.8 Å². The summed E-state index contributed by atoms with van der Waals surface area (Å²) in [4.78, 5) is 15.9. The molecular formula is C25H25NO4. The monoisotopic (exact) mass is 403 g/mol. The summed E-state index contributed by atoms with van der Waals surface area (Å²) < 4.78 is 11.8. The number of aromatic carboxylic acids is 1. The van der Waals surface area contributed by atoms with Crippen molar-refractivity contribution in [1.82, 2.24) is 4.98 Å². The molecule has 4 aliphatic carbocycles. The van der Waals surface area contributed by atoms with E-state index in [9.17, 15) is 9.90 Å². The van der Waals surface area contributed by atoms with Crippen molar-refractivity contribution in [3.63, 3.8) is 0 Å². The molecule has 1 aromatic heterocycles. The maximum atomic E-state index is 11.3. The summed E-state index contributed by atoms with van der Waals surface area (Å²) in [7, 11) is 1.76. The van der Waals surface area contributed by atoms with E-state index in [1.165, 1.54) is 50.2 Å². The summed E-state index contributed by atoms with van der Waals surface area (Å²) in [6, 6.07) is 11.1. The van der Waals surface area contributed by atoms with Crippen molar-refractivity contribution < 1.29 is 19.1 Å². The second-order valence-electron chi connectivity index (χ2n) is 9.62. The molecule has 0 unspecified atom stereocenters. The molecule has 1 heterocycles. The first kappa shape index (κ1) is 18.0. The second-order valence-corrected chi connectivity index (χ2v) is 9.62. The van der Waals surface area contributed by atoms with E-state index in [1.807, 2.05) is 12.1 Å². The van der Waals surface area contributed by atoms with E-state index in [0.29, 0.717) is 17.0 Å². The molecule has 4 bridgehead atoms. The highest BCUT2D eigenvalue weighted by atomic mass is 16.5. The molecule has 0 amide bonds. The van der Waals surface area contributed by atoms with Gasteiger partial charge in [-0.3, -0.25) is 0 Å². The number of carboxylic acids is 1. The normalized spacial score (nSPS) is 29.4. The lowest BCUT2D eigenvalue weighted by molar-refractivity contribution is -0.00614. The standard InChI is InChI=1S/C25H25NO4/c1-29-21-5-3-17(23-26-20-4-2-18(24(27)28)10-22(20)30-23)9-19(21)25-11-14-6-15(12-25)8-16(7-14)13-25/h2-5,9-10,14-16H,6-8,11-13H2,1H3,(H,27,28). The van der Waals surface area contributed by atoms with Gasteiger partial charge in [0.05, 0.1) is 12.7 Å². The van der Waals surface area contributed by atoms with Gasteiger partial charge in [0.25, 0.3) is 0 Å². The van der Waals surface area contributed by atoms with Crippen molar-refractivity contribution in [2.45, 2.75) is 43.9 Å². The average Bonchev–Trinajstić information content (AvgIpc) is 3.15. The highest BCUT2D eigenvalue weighted by Gasteiger charge is 2.52. The topological polar surface area (TPSA) is 72.6 Å². The van der Waals surface area contributed by atoms with Gasteiger partial charge in [0.15, 0.2) is 5.58 Å². The first-order valence-electron chi connectivity index (χ1n) is 10.9. The molecule has 3 aromatic rings. The number of ether oxygens (including phenoxy) is 1. The van der Waals surface area contributed by atoms with Gasteiger partial charge in [0, 0.05) is 11.1 Å². The molecule has 0 atom stereocenters. The Hall–Kier alpha value is -2.82. The molecule has 1 N–H and O–H groups in total. The maximum Gasteiger partial charge on any atom is 0.335 e. The molecule has 30 heavy (non-hydrogen) atoms. The summed E-state index contributed by atoms with van der Waals surface area (Å²) in [6.07, 6.45) is 7.98. The molecule has 154 valence electrons. The number of rotatable bonds is 4. The molecule has 0 aliphatic heterocycles. The van der Waals surface area contributed by atoms with Gasteiger partial charge in [-0.2, -0.15) is 0 Å². The highest BCUT2D eigenvalue weighted by molar-refractivity contribution is 5.92. The maximum absolute atomic E-state index is 11.3. The second kappa shape index (κ2) is 6.34. The Morgan fingerprint density at radius 1 is 1.07 bits per heavy atom. The van der Waals surface area contributed by atoms with Crippen LogP contribution < -0.4 is 4.74 Å². The number of aromatic nitrogens is 1. The molecule has 5 heteroatoms. The first-order valence-corrected chi connectivity index (χ1v) is 10.9. The fourth-order valence-electron chi connectivity index (χ4n) is 6.88. The smallest absolute Gasteiger partial charge is 0.335 e. The van der Waals surface area contributed by atoms with Crippen molar-refractivity contribution in [2.75, 3.05) is 7.11 Å². The Labute approximate surface area is 175 Å². The van der Waals surface area contributed by atoms with E-state index in [0.717, 1.165) is 29.1 Å². The van der Waals surface area contributed by atoms with Crippen molar-refractivity contribution in [3.8, 4) is 17.2 Å². The number of hydrogen-bond donors (Lipinski definition) is 1. The quantitative estimate of drug-likeness (QED) is 0.608. The van der Waals surface area contributed by atoms with Crippen LogP contribution in [0.3, 0.4) is 0 Å². The molecular weight excluding hydrogens is 378 g/mol. The molecule has 0 radical (unpaired) electrons. The predicted octanol–water partition coefficient (Wildman–Crippen LogP) is 5.67. The van der Waals surface area contributed by atoms with E-state index < -0.39 is 5.97 Å². The molecule has 0 saturated heterocycles. The van der Waals surface area contributed by atoms with Gasteiger partial charge < -0.3 is 14.3 Å². The van der Waals surface area contributed by atoms with Gasteiger partial charge in [-0.15, -0.1) is 0 Å². The number of fused-ring (bicyclic) bond motifs is 1. The number of hydrogen-bond acceptors (Lipinski definition) is 4. The van der Waals surface area contributed by atoms with Crippen LogP contribution in [0.15, 0.2) is 40.8 Å². The minimum atomic E-state index is -0.969. The fraction of sp³-hybridized carbons (Fsp3) is 0.440. The lowest BCUT2D eigenvalue weighted by Crippen LogP contribution is -2.48. The Morgan fingerprint density at radius 3 is 2.40 bits per heavy atom. The molecule has 0 spiro atoms. The molecule has 5 nitrogen and oxygen atoms in total. The van der Waals surface area contributed by atoms with Gasteiger partial charge in [-0.05, 0) is 98.1 Å². The fourth-order valence-corrected chi connectivity index (χ4v) is 6.88. The number of oxazole rings is 1. The van der Waals surface area contributed by atoms with Crippen LogP contribution in [-0.4, -0.2) is 23.2 Å². The summed E-state index contributed by atoms with van der Waals surface area (Å²) in [5.74, 6) is 3.07. The summed E-state index contributed by atoms with van der Waals surface area (Å²) in [5, 5.41) is 9.24. The van der Waals surface area contributed by atoms with Gasteiger partial charge in [-0.1, -0.05) is 0 Å². The SMILES string of the molecule is COc1ccc(-c2nc3ccc(C(=O)O)cc3o2)cc1C12CC3CC(CC(C3)C1)C2. The van der Waals surface area contributed by atoms with Gasteiger partial charge >= 0.3 is 5.97 Å². The predicted molar refractivity (Wildman–Crippen MR) is 113 cm³/mol. The average molecular weight is 403 g/mol. The van der Waals surface area contributed by atoms with Crippen molar-refractivity contribution >= 4 is 17.1 Å². The van der Waals surface area contributed by atoms with Gasteiger partial charge in [0.2, 0.25) is 5.89 Å². The molecule has 2 aromatic carbocycles.